The number of para-hydroxylation sites is 1. The number of pyridine rings is 1. The van der Waals surface area contributed by atoms with Crippen LogP contribution in [0.1, 0.15) is 41.2 Å². The number of likely N-dealkylation sites (N-methyl/N-ethyl adjacent to an activating group) is 1. The first-order valence-electron chi connectivity index (χ1n) is 12.4. The number of carbonyl (C=O) groups excluding carboxylic acids is 2. The molecular formula is C27H33ClN6O3. The smallest absolute Gasteiger partial charge is 0.258 e. The molecule has 0 spiro atoms. The van der Waals surface area contributed by atoms with E-state index in [-0.39, 0.29) is 28.9 Å². The topological polar surface area (TPSA) is 92.6 Å². The maximum atomic E-state index is 13.3. The van der Waals surface area contributed by atoms with Crippen LogP contribution in [-0.2, 0) is 4.79 Å². The van der Waals surface area contributed by atoms with Gasteiger partial charge in [-0.2, -0.15) is 0 Å². The van der Waals surface area contributed by atoms with Gasteiger partial charge in [0.25, 0.3) is 5.91 Å². The number of benzene rings is 1. The van der Waals surface area contributed by atoms with Crippen LogP contribution in [0.5, 0.6) is 5.88 Å². The minimum absolute atomic E-state index is 0.000925. The summed E-state index contributed by atoms with van der Waals surface area (Å²) in [5.74, 6) is 0.315. The van der Waals surface area contributed by atoms with Crippen LogP contribution >= 0.6 is 11.6 Å². The lowest BCUT2D eigenvalue weighted by atomic mass is 10.1. The molecule has 1 fully saturated rings. The van der Waals surface area contributed by atoms with E-state index in [0.29, 0.717) is 31.1 Å². The van der Waals surface area contributed by atoms with Gasteiger partial charge in [0.15, 0.2) is 0 Å². The zero-order valence-corrected chi connectivity index (χ0v) is 22.5. The molecule has 3 aromatic rings. The van der Waals surface area contributed by atoms with Gasteiger partial charge in [-0.3, -0.25) is 14.9 Å². The van der Waals surface area contributed by atoms with E-state index in [4.69, 9.17) is 21.3 Å². The van der Waals surface area contributed by atoms with E-state index in [1.807, 2.05) is 55.1 Å². The summed E-state index contributed by atoms with van der Waals surface area (Å²) < 4.78 is 7.25. The molecule has 1 N–H and O–H groups in total. The Balaban J connectivity index is 1.68. The molecule has 1 atom stereocenters. The van der Waals surface area contributed by atoms with Crippen molar-refractivity contribution in [1.29, 1.82) is 0 Å². The number of likely N-dealkylation sites (tertiary alicyclic amines) is 1. The highest BCUT2D eigenvalue weighted by Crippen LogP contribution is 2.32. The number of amides is 2. The molecule has 0 saturated carbocycles. The number of anilines is 1. The van der Waals surface area contributed by atoms with Gasteiger partial charge in [0.2, 0.25) is 17.7 Å². The van der Waals surface area contributed by atoms with Crippen LogP contribution in [0.3, 0.4) is 0 Å². The molecule has 1 aliphatic rings. The second kappa shape index (κ2) is 11.7. The minimum atomic E-state index is -0.370. The van der Waals surface area contributed by atoms with Crippen LogP contribution in [0.4, 0.5) is 5.95 Å². The average Bonchev–Trinajstić information content (AvgIpc) is 3.05. The first-order chi connectivity index (χ1) is 17.8. The third-order valence-electron chi connectivity index (χ3n) is 6.43. The molecule has 3 heterocycles. The molecule has 9 nitrogen and oxygen atoms in total. The Hall–Kier alpha value is -3.43. The van der Waals surface area contributed by atoms with E-state index in [2.05, 4.69) is 14.9 Å². The van der Waals surface area contributed by atoms with Gasteiger partial charge in [0.1, 0.15) is 5.15 Å². The van der Waals surface area contributed by atoms with E-state index in [1.165, 1.54) is 19.2 Å². The summed E-state index contributed by atoms with van der Waals surface area (Å²) in [5.41, 5.74) is 3.10. The van der Waals surface area contributed by atoms with Gasteiger partial charge in [-0.25, -0.2) is 9.97 Å². The third kappa shape index (κ3) is 6.29. The number of rotatable bonds is 7. The zero-order valence-electron chi connectivity index (χ0n) is 21.7. The van der Waals surface area contributed by atoms with Crippen LogP contribution in [0.25, 0.3) is 11.0 Å². The predicted octanol–water partition coefficient (Wildman–Crippen LogP) is 4.33. The first kappa shape index (κ1) is 26.6. The number of hydrogen-bond donors (Lipinski definition) is 1. The van der Waals surface area contributed by atoms with Gasteiger partial charge in [0, 0.05) is 37.3 Å². The molecule has 0 bridgehead atoms. The molecule has 0 aliphatic carbocycles. The van der Waals surface area contributed by atoms with Gasteiger partial charge in [0.05, 0.1) is 24.2 Å². The van der Waals surface area contributed by atoms with Gasteiger partial charge < -0.3 is 19.1 Å². The van der Waals surface area contributed by atoms with Crippen molar-refractivity contribution in [3.05, 3.63) is 58.8 Å². The lowest BCUT2D eigenvalue weighted by molar-refractivity contribution is -0.126. The summed E-state index contributed by atoms with van der Waals surface area (Å²) in [6.07, 6.45) is 6.29. The number of aromatic nitrogens is 3. The number of hydrogen-bond acceptors (Lipinski definition) is 6. The average molecular weight is 525 g/mol. The maximum absolute atomic E-state index is 13.3. The lowest BCUT2D eigenvalue weighted by Crippen LogP contribution is -2.35. The van der Waals surface area contributed by atoms with Crippen molar-refractivity contribution < 1.29 is 14.3 Å². The molecule has 4 rings (SSSR count). The van der Waals surface area contributed by atoms with Crippen molar-refractivity contribution in [1.82, 2.24) is 24.3 Å². The van der Waals surface area contributed by atoms with Gasteiger partial charge in [-0.05, 0) is 58.0 Å². The minimum Gasteiger partial charge on any atom is -0.481 e. The molecular weight excluding hydrogens is 492 g/mol. The number of carbonyl (C=O) groups is 2. The Morgan fingerprint density at radius 3 is 2.81 bits per heavy atom. The van der Waals surface area contributed by atoms with Crippen molar-refractivity contribution in [2.45, 2.75) is 32.2 Å². The van der Waals surface area contributed by atoms with E-state index >= 15 is 0 Å². The molecule has 2 aromatic heterocycles. The quantitative estimate of drug-likeness (QED) is 0.365. The number of nitrogens with zero attached hydrogens (tertiary/aromatic N) is 5. The molecule has 1 aromatic carbocycles. The SMILES string of the molecule is COc1cc(C(=O)Nc2nc3cccc(C)c3n2[C@@H]2CCCCN(C(=O)C=CCN(C)C)C2)cc(Cl)n1. The summed E-state index contributed by atoms with van der Waals surface area (Å²) in [6, 6.07) is 8.89. The number of aryl methyl sites for hydroxylation is 1. The summed E-state index contributed by atoms with van der Waals surface area (Å²) in [7, 11) is 5.40. The summed E-state index contributed by atoms with van der Waals surface area (Å²) in [5, 5.41) is 3.14. The lowest BCUT2D eigenvalue weighted by Gasteiger charge is -2.26. The normalized spacial score (nSPS) is 16.4. The number of imidazole rings is 1. The van der Waals surface area contributed by atoms with Crippen molar-refractivity contribution in [3.63, 3.8) is 0 Å². The number of nitrogens with one attached hydrogen (secondary N) is 1. The molecule has 37 heavy (non-hydrogen) atoms. The van der Waals surface area contributed by atoms with E-state index in [0.717, 1.165) is 35.9 Å². The molecule has 1 aliphatic heterocycles. The fourth-order valence-corrected chi connectivity index (χ4v) is 4.85. The second-order valence-electron chi connectivity index (χ2n) is 9.52. The first-order valence-corrected chi connectivity index (χ1v) is 12.7. The van der Waals surface area contributed by atoms with E-state index < -0.39 is 0 Å². The largest absolute Gasteiger partial charge is 0.481 e. The van der Waals surface area contributed by atoms with Crippen LogP contribution in [0, 0.1) is 6.92 Å². The highest BCUT2D eigenvalue weighted by molar-refractivity contribution is 6.30. The van der Waals surface area contributed by atoms with E-state index in [9.17, 15) is 9.59 Å². The molecule has 0 radical (unpaired) electrons. The Morgan fingerprint density at radius 1 is 1.24 bits per heavy atom. The van der Waals surface area contributed by atoms with Crippen LogP contribution in [0.2, 0.25) is 5.15 Å². The zero-order chi connectivity index (χ0) is 26.5. The highest BCUT2D eigenvalue weighted by Gasteiger charge is 2.27. The number of fused-ring (bicyclic) bond motifs is 1. The standard InChI is InChI=1S/C27H33ClN6O3/c1-18-9-7-11-21-25(18)34(20-10-5-6-14-33(17-20)24(35)12-8-13-32(2)3)27(29-21)31-26(36)19-15-22(28)30-23(16-19)37-4/h7-9,11-12,15-16,20H,5-6,10,13-14,17H2,1-4H3,(H,29,31,36)/t20-/m1/s1. The molecule has 1 saturated heterocycles. The summed E-state index contributed by atoms with van der Waals surface area (Å²) >= 11 is 6.09. The van der Waals surface area contributed by atoms with Gasteiger partial charge in [-0.15, -0.1) is 0 Å². The Bertz CT molecular complexity index is 1320. The van der Waals surface area contributed by atoms with Crippen LogP contribution < -0.4 is 10.1 Å². The maximum Gasteiger partial charge on any atom is 0.258 e. The fraction of sp³-hybridized carbons (Fsp3) is 0.407. The second-order valence-corrected chi connectivity index (χ2v) is 9.91. The molecule has 10 heteroatoms. The van der Waals surface area contributed by atoms with Gasteiger partial charge in [-0.1, -0.05) is 29.8 Å². The number of ether oxygens (including phenoxy) is 1. The van der Waals surface area contributed by atoms with Crippen molar-refractivity contribution in [3.8, 4) is 5.88 Å². The van der Waals surface area contributed by atoms with Crippen LogP contribution in [-0.4, -0.2) is 77.0 Å². The summed E-state index contributed by atoms with van der Waals surface area (Å²) in [4.78, 5) is 39.0. The van der Waals surface area contributed by atoms with Crippen LogP contribution in [0.15, 0.2) is 42.5 Å². The summed E-state index contributed by atoms with van der Waals surface area (Å²) in [6.45, 7) is 3.96. The Labute approximate surface area is 222 Å². The Morgan fingerprint density at radius 2 is 2.05 bits per heavy atom. The monoisotopic (exact) mass is 524 g/mol. The third-order valence-corrected chi connectivity index (χ3v) is 6.63. The van der Waals surface area contributed by atoms with Crippen molar-refractivity contribution in [2.24, 2.45) is 0 Å². The molecule has 0 unspecified atom stereocenters. The number of methoxy groups -OCH3 is 1. The van der Waals surface area contributed by atoms with Crippen molar-refractivity contribution in [2.75, 3.05) is 46.2 Å². The fourth-order valence-electron chi connectivity index (χ4n) is 4.65. The van der Waals surface area contributed by atoms with E-state index in [1.54, 1.807) is 6.08 Å². The molecule has 2 amide bonds. The number of halogens is 1. The van der Waals surface area contributed by atoms with Crippen molar-refractivity contribution >= 4 is 40.4 Å². The van der Waals surface area contributed by atoms with Gasteiger partial charge >= 0.3 is 0 Å². The Kier molecular flexibility index (Phi) is 8.45. The predicted molar refractivity (Wildman–Crippen MR) is 145 cm³/mol. The highest BCUT2D eigenvalue weighted by atomic mass is 35.5. The molecule has 196 valence electrons.